The lowest BCUT2D eigenvalue weighted by Gasteiger charge is -2.31. The average Bonchev–Trinajstić information content (AvgIpc) is 2.28. The maximum absolute atomic E-state index is 13.0. The van der Waals surface area contributed by atoms with Gasteiger partial charge in [-0.25, -0.2) is 18.7 Å². The fraction of sp³-hybridized carbons (Fsp3) is 0.545. The molecule has 2 rings (SSSR count). The third kappa shape index (κ3) is 2.75. The molecule has 1 aromatic rings. The van der Waals surface area contributed by atoms with Crippen molar-refractivity contribution in [2.75, 3.05) is 18.0 Å². The monoisotopic (exact) mass is 241 g/mol. The van der Waals surface area contributed by atoms with Crippen LogP contribution in [0.4, 0.5) is 14.7 Å². The van der Waals surface area contributed by atoms with Gasteiger partial charge in [0.25, 0.3) is 5.92 Å². The molecule has 0 aliphatic carbocycles. The molecule has 1 aliphatic rings. The van der Waals surface area contributed by atoms with Crippen LogP contribution in [-0.2, 0) is 0 Å². The van der Waals surface area contributed by atoms with E-state index in [9.17, 15) is 13.6 Å². The summed E-state index contributed by atoms with van der Waals surface area (Å²) in [6.45, 7) is 2.18. The Morgan fingerprint density at radius 2 is 2.00 bits per heavy atom. The van der Waals surface area contributed by atoms with Gasteiger partial charge in [0.15, 0.2) is 6.29 Å². The molecule has 6 heteroatoms. The van der Waals surface area contributed by atoms with Gasteiger partial charge in [-0.3, -0.25) is 4.79 Å². The van der Waals surface area contributed by atoms with Crippen LogP contribution in [0.5, 0.6) is 0 Å². The summed E-state index contributed by atoms with van der Waals surface area (Å²) in [7, 11) is 0. The van der Waals surface area contributed by atoms with Crippen molar-refractivity contribution >= 4 is 12.2 Å². The van der Waals surface area contributed by atoms with Crippen molar-refractivity contribution in [3.8, 4) is 0 Å². The second-order valence-corrected chi connectivity index (χ2v) is 4.20. The Hall–Kier alpha value is -1.59. The predicted octanol–water partition coefficient (Wildman–Crippen LogP) is 1.83. The highest BCUT2D eigenvalue weighted by atomic mass is 19.3. The topological polar surface area (TPSA) is 46.1 Å². The first-order chi connectivity index (χ1) is 8.00. The van der Waals surface area contributed by atoms with E-state index in [-0.39, 0.29) is 31.6 Å². The van der Waals surface area contributed by atoms with E-state index in [0.29, 0.717) is 17.9 Å². The lowest BCUT2D eigenvalue weighted by atomic mass is 10.1. The Morgan fingerprint density at radius 3 is 2.59 bits per heavy atom. The van der Waals surface area contributed by atoms with E-state index in [1.54, 1.807) is 17.9 Å². The Labute approximate surface area is 97.7 Å². The largest absolute Gasteiger partial charge is 0.340 e. The molecule has 4 nitrogen and oxygen atoms in total. The van der Waals surface area contributed by atoms with Gasteiger partial charge in [-0.05, 0) is 13.0 Å². The maximum atomic E-state index is 13.0. The summed E-state index contributed by atoms with van der Waals surface area (Å²) >= 11 is 0. The number of hydrogen-bond acceptors (Lipinski definition) is 4. The van der Waals surface area contributed by atoms with Crippen molar-refractivity contribution in [3.63, 3.8) is 0 Å². The lowest BCUT2D eigenvalue weighted by molar-refractivity contribution is -0.0222. The quantitative estimate of drug-likeness (QED) is 0.741. The molecule has 0 unspecified atom stereocenters. The van der Waals surface area contributed by atoms with Crippen molar-refractivity contribution in [1.29, 1.82) is 0 Å². The number of piperidine rings is 1. The Balaban J connectivity index is 2.18. The third-order valence-corrected chi connectivity index (χ3v) is 2.76. The van der Waals surface area contributed by atoms with Gasteiger partial charge in [0.1, 0.15) is 5.69 Å². The summed E-state index contributed by atoms with van der Waals surface area (Å²) < 4.78 is 26.0. The molecule has 0 bridgehead atoms. The number of carbonyl (C=O) groups is 1. The van der Waals surface area contributed by atoms with Gasteiger partial charge < -0.3 is 4.90 Å². The number of aromatic nitrogens is 2. The molecule has 0 saturated carbocycles. The highest BCUT2D eigenvalue weighted by molar-refractivity contribution is 5.72. The number of anilines is 1. The van der Waals surface area contributed by atoms with Crippen LogP contribution < -0.4 is 4.90 Å². The number of nitrogens with zero attached hydrogens (tertiary/aromatic N) is 3. The summed E-state index contributed by atoms with van der Waals surface area (Å²) in [5.74, 6) is -2.23. The molecule has 1 fully saturated rings. The predicted molar refractivity (Wildman–Crippen MR) is 58.6 cm³/mol. The van der Waals surface area contributed by atoms with Crippen molar-refractivity contribution in [2.45, 2.75) is 25.7 Å². The molecule has 0 atom stereocenters. The number of aldehydes is 1. The fourth-order valence-corrected chi connectivity index (χ4v) is 1.81. The second kappa shape index (κ2) is 4.35. The van der Waals surface area contributed by atoms with Crippen LogP contribution >= 0.6 is 0 Å². The summed E-state index contributed by atoms with van der Waals surface area (Å²) in [6, 6.07) is 1.56. The molecule has 2 heterocycles. The fourth-order valence-electron chi connectivity index (χ4n) is 1.81. The van der Waals surface area contributed by atoms with E-state index in [1.165, 1.54) is 0 Å². The Kier molecular flexibility index (Phi) is 3.04. The van der Waals surface area contributed by atoms with E-state index in [4.69, 9.17) is 0 Å². The standard InChI is InChI=1S/C11H13F2N3O/c1-8-6-9(7-17)15-10(14-8)16-4-2-11(12,13)3-5-16/h6-7H,2-5H2,1H3. The number of alkyl halides is 2. The number of halogens is 2. The summed E-state index contributed by atoms with van der Waals surface area (Å²) in [5.41, 5.74) is 0.944. The van der Waals surface area contributed by atoms with Gasteiger partial charge in [0.2, 0.25) is 5.95 Å². The summed E-state index contributed by atoms with van der Waals surface area (Å²) in [5, 5.41) is 0. The highest BCUT2D eigenvalue weighted by Gasteiger charge is 2.34. The highest BCUT2D eigenvalue weighted by Crippen LogP contribution is 2.29. The molecule has 1 saturated heterocycles. The van der Waals surface area contributed by atoms with Gasteiger partial charge in [-0.15, -0.1) is 0 Å². The summed E-state index contributed by atoms with van der Waals surface area (Å²) in [4.78, 5) is 20.5. The minimum Gasteiger partial charge on any atom is -0.340 e. The van der Waals surface area contributed by atoms with Gasteiger partial charge in [-0.2, -0.15) is 0 Å². The van der Waals surface area contributed by atoms with E-state index < -0.39 is 5.92 Å². The van der Waals surface area contributed by atoms with Crippen molar-refractivity contribution in [1.82, 2.24) is 9.97 Å². The van der Waals surface area contributed by atoms with Crippen LogP contribution in [0.2, 0.25) is 0 Å². The first-order valence-electron chi connectivity index (χ1n) is 5.44. The van der Waals surface area contributed by atoms with E-state index in [0.717, 1.165) is 0 Å². The van der Waals surface area contributed by atoms with Crippen molar-refractivity contribution in [3.05, 3.63) is 17.5 Å². The summed E-state index contributed by atoms with van der Waals surface area (Å²) in [6.07, 6.45) is 0.248. The molecule has 17 heavy (non-hydrogen) atoms. The second-order valence-electron chi connectivity index (χ2n) is 4.20. The number of hydrogen-bond donors (Lipinski definition) is 0. The van der Waals surface area contributed by atoms with Crippen LogP contribution in [0.25, 0.3) is 0 Å². The normalized spacial score (nSPS) is 19.1. The number of carbonyl (C=O) groups excluding carboxylic acids is 1. The Morgan fingerprint density at radius 1 is 1.35 bits per heavy atom. The van der Waals surface area contributed by atoms with Gasteiger partial charge in [0, 0.05) is 31.6 Å². The van der Waals surface area contributed by atoms with Crippen LogP contribution in [0.15, 0.2) is 6.07 Å². The molecular formula is C11H13F2N3O. The van der Waals surface area contributed by atoms with Crippen LogP contribution in [0.3, 0.4) is 0 Å². The minimum atomic E-state index is -2.59. The zero-order valence-electron chi connectivity index (χ0n) is 9.49. The smallest absolute Gasteiger partial charge is 0.251 e. The number of rotatable bonds is 2. The van der Waals surface area contributed by atoms with E-state index in [1.807, 2.05) is 0 Å². The van der Waals surface area contributed by atoms with Crippen molar-refractivity contribution in [2.24, 2.45) is 0 Å². The molecule has 0 radical (unpaired) electrons. The zero-order chi connectivity index (χ0) is 12.5. The third-order valence-electron chi connectivity index (χ3n) is 2.76. The van der Waals surface area contributed by atoms with E-state index in [2.05, 4.69) is 9.97 Å². The van der Waals surface area contributed by atoms with Crippen LogP contribution in [0.1, 0.15) is 29.0 Å². The lowest BCUT2D eigenvalue weighted by Crippen LogP contribution is -2.40. The molecular weight excluding hydrogens is 228 g/mol. The molecule has 1 aromatic heterocycles. The van der Waals surface area contributed by atoms with Gasteiger partial charge in [-0.1, -0.05) is 0 Å². The van der Waals surface area contributed by atoms with Gasteiger partial charge in [0.05, 0.1) is 0 Å². The first kappa shape index (κ1) is 11.9. The number of aryl methyl sites for hydroxylation is 1. The van der Waals surface area contributed by atoms with Crippen molar-refractivity contribution < 1.29 is 13.6 Å². The molecule has 0 spiro atoms. The van der Waals surface area contributed by atoms with Crippen LogP contribution in [0, 0.1) is 6.92 Å². The SMILES string of the molecule is Cc1cc(C=O)nc(N2CCC(F)(F)CC2)n1. The van der Waals surface area contributed by atoms with E-state index >= 15 is 0 Å². The Bertz CT molecular complexity index is 427. The molecule has 92 valence electrons. The maximum Gasteiger partial charge on any atom is 0.251 e. The first-order valence-corrected chi connectivity index (χ1v) is 5.44. The van der Waals surface area contributed by atoms with Gasteiger partial charge >= 0.3 is 0 Å². The zero-order valence-corrected chi connectivity index (χ0v) is 9.49. The molecule has 0 aromatic carbocycles. The molecule has 0 amide bonds. The average molecular weight is 241 g/mol. The molecule has 0 N–H and O–H groups in total. The minimum absolute atomic E-state index is 0.194. The molecule has 1 aliphatic heterocycles. The van der Waals surface area contributed by atoms with Crippen LogP contribution in [-0.4, -0.2) is 35.3 Å².